The average molecular weight is 287 g/mol. The predicted octanol–water partition coefficient (Wildman–Crippen LogP) is 2.49. The molecule has 1 heterocycles. The van der Waals surface area contributed by atoms with E-state index in [1.165, 1.54) is 5.56 Å². The summed E-state index contributed by atoms with van der Waals surface area (Å²) in [6.45, 7) is 4.61. The zero-order valence-corrected chi connectivity index (χ0v) is 12.7. The molecule has 0 aliphatic carbocycles. The molecule has 0 saturated heterocycles. The molecule has 0 spiro atoms. The monoisotopic (exact) mass is 287 g/mol. The van der Waals surface area contributed by atoms with E-state index in [9.17, 15) is 4.79 Å². The highest BCUT2D eigenvalue weighted by molar-refractivity contribution is 5.32. The SMILES string of the molecule is COc1ccc(CCNc2nccn(C(C)C)c2=O)cc1. The van der Waals surface area contributed by atoms with E-state index in [2.05, 4.69) is 10.3 Å². The number of aromatic nitrogens is 2. The van der Waals surface area contributed by atoms with Crippen molar-refractivity contribution in [2.75, 3.05) is 19.0 Å². The van der Waals surface area contributed by atoms with Crippen LogP contribution < -0.4 is 15.6 Å². The molecule has 1 N–H and O–H groups in total. The molecule has 0 unspecified atom stereocenters. The van der Waals surface area contributed by atoms with Crippen LogP contribution >= 0.6 is 0 Å². The first-order valence-electron chi connectivity index (χ1n) is 7.05. The van der Waals surface area contributed by atoms with Gasteiger partial charge in [-0.25, -0.2) is 4.98 Å². The number of rotatable bonds is 6. The number of benzene rings is 1. The van der Waals surface area contributed by atoms with Gasteiger partial charge in [-0.1, -0.05) is 12.1 Å². The van der Waals surface area contributed by atoms with Gasteiger partial charge in [-0.3, -0.25) is 4.79 Å². The van der Waals surface area contributed by atoms with Crippen LogP contribution in [0.15, 0.2) is 41.5 Å². The van der Waals surface area contributed by atoms with E-state index in [1.807, 2.05) is 38.1 Å². The van der Waals surface area contributed by atoms with Crippen LogP contribution in [0.4, 0.5) is 5.82 Å². The Balaban J connectivity index is 1.97. The van der Waals surface area contributed by atoms with Crippen molar-refractivity contribution >= 4 is 5.82 Å². The minimum Gasteiger partial charge on any atom is -0.497 e. The molecule has 0 fully saturated rings. The second kappa shape index (κ2) is 6.92. The Kier molecular flexibility index (Phi) is 4.98. The summed E-state index contributed by atoms with van der Waals surface area (Å²) in [4.78, 5) is 16.3. The van der Waals surface area contributed by atoms with Crippen LogP contribution in [0, 0.1) is 0 Å². The number of methoxy groups -OCH3 is 1. The Labute approximate surface area is 124 Å². The maximum atomic E-state index is 12.2. The number of nitrogens with zero attached hydrogens (tertiary/aromatic N) is 2. The largest absolute Gasteiger partial charge is 0.497 e. The van der Waals surface area contributed by atoms with Crippen LogP contribution in [0.5, 0.6) is 5.75 Å². The highest BCUT2D eigenvalue weighted by Gasteiger charge is 2.06. The second-order valence-electron chi connectivity index (χ2n) is 5.11. The third-order valence-electron chi connectivity index (χ3n) is 3.29. The Hall–Kier alpha value is -2.30. The summed E-state index contributed by atoms with van der Waals surface area (Å²) in [6.07, 6.45) is 4.18. The highest BCUT2D eigenvalue weighted by atomic mass is 16.5. The lowest BCUT2D eigenvalue weighted by molar-refractivity contribution is 0.414. The zero-order chi connectivity index (χ0) is 15.2. The Morgan fingerprint density at radius 2 is 2.00 bits per heavy atom. The van der Waals surface area contributed by atoms with E-state index >= 15 is 0 Å². The van der Waals surface area contributed by atoms with Gasteiger partial charge in [0.1, 0.15) is 5.75 Å². The lowest BCUT2D eigenvalue weighted by atomic mass is 10.1. The van der Waals surface area contributed by atoms with Crippen molar-refractivity contribution in [1.29, 1.82) is 0 Å². The molecule has 0 atom stereocenters. The van der Waals surface area contributed by atoms with Crippen LogP contribution in [-0.4, -0.2) is 23.2 Å². The first-order chi connectivity index (χ1) is 10.1. The van der Waals surface area contributed by atoms with Crippen molar-refractivity contribution in [1.82, 2.24) is 9.55 Å². The lowest BCUT2D eigenvalue weighted by Gasteiger charge is -2.11. The second-order valence-corrected chi connectivity index (χ2v) is 5.11. The smallest absolute Gasteiger partial charge is 0.293 e. The molecule has 0 bridgehead atoms. The van der Waals surface area contributed by atoms with Gasteiger partial charge in [-0.15, -0.1) is 0 Å². The predicted molar refractivity (Wildman–Crippen MR) is 84.1 cm³/mol. The fourth-order valence-electron chi connectivity index (χ4n) is 2.07. The number of ether oxygens (including phenoxy) is 1. The quantitative estimate of drug-likeness (QED) is 0.887. The van der Waals surface area contributed by atoms with E-state index in [1.54, 1.807) is 24.1 Å². The molecule has 21 heavy (non-hydrogen) atoms. The van der Waals surface area contributed by atoms with Crippen molar-refractivity contribution in [3.63, 3.8) is 0 Å². The minimum atomic E-state index is -0.0813. The summed E-state index contributed by atoms with van der Waals surface area (Å²) in [6, 6.07) is 8.03. The molecule has 1 aromatic heterocycles. The molecule has 0 aliphatic heterocycles. The van der Waals surface area contributed by atoms with Gasteiger partial charge < -0.3 is 14.6 Å². The molecule has 5 heteroatoms. The van der Waals surface area contributed by atoms with Gasteiger partial charge in [0.25, 0.3) is 5.56 Å². The number of hydrogen-bond acceptors (Lipinski definition) is 4. The average Bonchev–Trinajstić information content (AvgIpc) is 2.49. The molecular weight excluding hydrogens is 266 g/mol. The van der Waals surface area contributed by atoms with Gasteiger partial charge in [0.2, 0.25) is 0 Å². The zero-order valence-electron chi connectivity index (χ0n) is 12.7. The Bertz CT molecular complexity index is 633. The van der Waals surface area contributed by atoms with E-state index in [4.69, 9.17) is 4.74 Å². The summed E-state index contributed by atoms with van der Waals surface area (Å²) < 4.78 is 6.79. The lowest BCUT2D eigenvalue weighted by Crippen LogP contribution is -2.26. The highest BCUT2D eigenvalue weighted by Crippen LogP contribution is 2.11. The van der Waals surface area contributed by atoms with Crippen LogP contribution in [0.25, 0.3) is 0 Å². The van der Waals surface area contributed by atoms with Crippen molar-refractivity contribution in [3.8, 4) is 5.75 Å². The van der Waals surface area contributed by atoms with Crippen LogP contribution in [0.3, 0.4) is 0 Å². The molecular formula is C16H21N3O2. The summed E-state index contributed by atoms with van der Waals surface area (Å²) in [7, 11) is 1.65. The first-order valence-corrected chi connectivity index (χ1v) is 7.05. The standard InChI is InChI=1S/C16H21N3O2/c1-12(2)19-11-10-18-15(16(19)20)17-9-8-13-4-6-14(21-3)7-5-13/h4-7,10-12H,8-9H2,1-3H3,(H,17,18). The van der Waals surface area contributed by atoms with Crippen molar-refractivity contribution < 1.29 is 4.74 Å². The molecule has 1 aromatic carbocycles. The molecule has 112 valence electrons. The summed E-state index contributed by atoms with van der Waals surface area (Å²) >= 11 is 0. The first kappa shape index (κ1) is 15.1. The van der Waals surface area contributed by atoms with E-state index < -0.39 is 0 Å². The van der Waals surface area contributed by atoms with Crippen molar-refractivity contribution in [2.45, 2.75) is 26.3 Å². The van der Waals surface area contributed by atoms with Gasteiger partial charge >= 0.3 is 0 Å². The maximum absolute atomic E-state index is 12.2. The number of anilines is 1. The van der Waals surface area contributed by atoms with Gasteiger partial charge in [0.15, 0.2) is 5.82 Å². The Morgan fingerprint density at radius 1 is 1.29 bits per heavy atom. The van der Waals surface area contributed by atoms with Crippen LogP contribution in [0.2, 0.25) is 0 Å². The molecule has 2 aromatic rings. The molecule has 0 amide bonds. The van der Waals surface area contributed by atoms with E-state index in [0.717, 1.165) is 12.2 Å². The number of nitrogens with one attached hydrogen (secondary N) is 1. The third kappa shape index (κ3) is 3.84. The molecule has 5 nitrogen and oxygen atoms in total. The van der Waals surface area contributed by atoms with E-state index in [0.29, 0.717) is 12.4 Å². The summed E-state index contributed by atoms with van der Waals surface area (Å²) in [5, 5.41) is 3.11. The molecule has 0 radical (unpaired) electrons. The molecule has 2 rings (SSSR count). The van der Waals surface area contributed by atoms with Crippen molar-refractivity contribution in [2.24, 2.45) is 0 Å². The van der Waals surface area contributed by atoms with Gasteiger partial charge in [-0.2, -0.15) is 0 Å². The maximum Gasteiger partial charge on any atom is 0.293 e. The van der Waals surface area contributed by atoms with Crippen LogP contribution in [0.1, 0.15) is 25.5 Å². The van der Waals surface area contributed by atoms with Crippen LogP contribution in [-0.2, 0) is 6.42 Å². The van der Waals surface area contributed by atoms with E-state index in [-0.39, 0.29) is 11.6 Å². The van der Waals surface area contributed by atoms with Gasteiger partial charge in [0, 0.05) is 25.0 Å². The summed E-state index contributed by atoms with van der Waals surface area (Å²) in [5.41, 5.74) is 1.10. The molecule has 0 aliphatic rings. The molecule has 0 saturated carbocycles. The normalized spacial score (nSPS) is 10.7. The van der Waals surface area contributed by atoms with Gasteiger partial charge in [-0.05, 0) is 38.0 Å². The minimum absolute atomic E-state index is 0.0813. The number of hydrogen-bond donors (Lipinski definition) is 1. The van der Waals surface area contributed by atoms with Crippen molar-refractivity contribution in [3.05, 3.63) is 52.6 Å². The Morgan fingerprint density at radius 3 is 2.62 bits per heavy atom. The fraction of sp³-hybridized carbons (Fsp3) is 0.375. The fourth-order valence-corrected chi connectivity index (χ4v) is 2.07. The summed E-state index contributed by atoms with van der Waals surface area (Å²) in [5.74, 6) is 1.25. The third-order valence-corrected chi connectivity index (χ3v) is 3.29. The topological polar surface area (TPSA) is 56.1 Å². The van der Waals surface area contributed by atoms with Gasteiger partial charge in [0.05, 0.1) is 7.11 Å².